The van der Waals surface area contributed by atoms with Crippen molar-refractivity contribution in [1.82, 2.24) is 4.90 Å². The number of benzene rings is 1. The molecule has 2 heterocycles. The lowest BCUT2D eigenvalue weighted by molar-refractivity contribution is -0.150. The second-order valence-corrected chi connectivity index (χ2v) is 8.04. The molecule has 0 fully saturated rings. The quantitative estimate of drug-likeness (QED) is 0.725. The molecule has 144 valence electrons. The number of nitrogens with zero attached hydrogens (tertiary/aromatic N) is 1. The molecule has 5 nitrogen and oxygen atoms in total. The Kier molecular flexibility index (Phi) is 5.08. The predicted octanol–water partition coefficient (Wildman–Crippen LogP) is 4.19. The molecule has 3 rings (SSSR count). The fourth-order valence-corrected chi connectivity index (χ4v) is 3.91. The van der Waals surface area contributed by atoms with E-state index in [4.69, 9.17) is 21.1 Å². The summed E-state index contributed by atoms with van der Waals surface area (Å²) >= 11 is 6.45. The molecule has 0 saturated carbocycles. The molecule has 0 amide bonds. The minimum atomic E-state index is -0.655. The van der Waals surface area contributed by atoms with E-state index in [1.807, 2.05) is 57.7 Å². The van der Waals surface area contributed by atoms with E-state index in [0.29, 0.717) is 28.3 Å². The van der Waals surface area contributed by atoms with Crippen molar-refractivity contribution in [3.05, 3.63) is 57.4 Å². The van der Waals surface area contributed by atoms with Crippen molar-refractivity contribution in [1.29, 1.82) is 0 Å². The standard InChI is InChI=1S/C21H24ClNO4/c1-6-23-12(2)16(20(25)27-21(3,4)5)17(13-9-7-8-10-14(13)22)18-15(23)11-26-19(18)24/h7-10,17H,6,11H2,1-5H3. The van der Waals surface area contributed by atoms with Crippen molar-refractivity contribution < 1.29 is 19.1 Å². The molecule has 0 saturated heterocycles. The molecule has 27 heavy (non-hydrogen) atoms. The summed E-state index contributed by atoms with van der Waals surface area (Å²) in [4.78, 5) is 27.7. The lowest BCUT2D eigenvalue weighted by Gasteiger charge is -2.36. The Balaban J connectivity index is 2.23. The van der Waals surface area contributed by atoms with Crippen LogP contribution in [0.3, 0.4) is 0 Å². The zero-order chi connectivity index (χ0) is 19.9. The Labute approximate surface area is 164 Å². The van der Waals surface area contributed by atoms with Gasteiger partial charge in [0.1, 0.15) is 12.2 Å². The van der Waals surface area contributed by atoms with Gasteiger partial charge in [-0.05, 0) is 46.2 Å². The number of rotatable bonds is 3. The van der Waals surface area contributed by atoms with Crippen LogP contribution in [-0.2, 0) is 19.1 Å². The summed E-state index contributed by atoms with van der Waals surface area (Å²) in [6.07, 6.45) is 0. The maximum absolute atomic E-state index is 13.2. The van der Waals surface area contributed by atoms with Gasteiger partial charge in [0.25, 0.3) is 0 Å². The van der Waals surface area contributed by atoms with E-state index in [1.54, 1.807) is 6.07 Å². The van der Waals surface area contributed by atoms with Crippen LogP contribution in [0.2, 0.25) is 5.02 Å². The molecular weight excluding hydrogens is 366 g/mol. The van der Waals surface area contributed by atoms with E-state index in [-0.39, 0.29) is 6.61 Å². The molecule has 0 radical (unpaired) electrons. The largest absolute Gasteiger partial charge is 0.457 e. The Morgan fingerprint density at radius 2 is 2.00 bits per heavy atom. The highest BCUT2D eigenvalue weighted by Crippen LogP contribution is 2.46. The van der Waals surface area contributed by atoms with Gasteiger partial charge in [-0.3, -0.25) is 0 Å². The molecule has 1 unspecified atom stereocenters. The molecule has 6 heteroatoms. The molecular formula is C21H24ClNO4. The fourth-order valence-electron chi connectivity index (χ4n) is 3.66. The van der Waals surface area contributed by atoms with Gasteiger partial charge in [0.05, 0.1) is 22.8 Å². The van der Waals surface area contributed by atoms with Gasteiger partial charge in [0.15, 0.2) is 0 Å². The van der Waals surface area contributed by atoms with Crippen molar-refractivity contribution in [3.63, 3.8) is 0 Å². The summed E-state index contributed by atoms with van der Waals surface area (Å²) in [6, 6.07) is 7.25. The number of hydrogen-bond acceptors (Lipinski definition) is 5. The Morgan fingerprint density at radius 3 is 2.59 bits per heavy atom. The number of likely N-dealkylation sites (N-methyl/N-ethyl adjacent to an activating group) is 1. The fraction of sp³-hybridized carbons (Fsp3) is 0.429. The van der Waals surface area contributed by atoms with E-state index in [0.717, 1.165) is 11.4 Å². The minimum Gasteiger partial charge on any atom is -0.457 e. The molecule has 0 spiro atoms. The smallest absolute Gasteiger partial charge is 0.337 e. The topological polar surface area (TPSA) is 55.8 Å². The number of carbonyl (C=O) groups is 2. The van der Waals surface area contributed by atoms with Crippen molar-refractivity contribution in [2.45, 2.75) is 46.1 Å². The summed E-state index contributed by atoms with van der Waals surface area (Å²) < 4.78 is 11.0. The number of esters is 2. The summed E-state index contributed by atoms with van der Waals surface area (Å²) in [7, 11) is 0. The van der Waals surface area contributed by atoms with Crippen LogP contribution in [0.4, 0.5) is 0 Å². The first-order chi connectivity index (χ1) is 12.7. The maximum Gasteiger partial charge on any atom is 0.337 e. The van der Waals surface area contributed by atoms with Crippen LogP contribution in [0.5, 0.6) is 0 Å². The summed E-state index contributed by atoms with van der Waals surface area (Å²) in [6.45, 7) is 10.1. The zero-order valence-electron chi connectivity index (χ0n) is 16.3. The van der Waals surface area contributed by atoms with Crippen molar-refractivity contribution >= 4 is 23.5 Å². The lowest BCUT2D eigenvalue weighted by Crippen LogP contribution is -2.35. The van der Waals surface area contributed by atoms with Gasteiger partial charge in [-0.25, -0.2) is 9.59 Å². The van der Waals surface area contributed by atoms with E-state index >= 15 is 0 Å². The molecule has 2 aliphatic heterocycles. The monoisotopic (exact) mass is 389 g/mol. The van der Waals surface area contributed by atoms with Crippen molar-refractivity contribution in [2.75, 3.05) is 13.2 Å². The number of halogens is 1. The van der Waals surface area contributed by atoms with E-state index < -0.39 is 23.5 Å². The average molecular weight is 390 g/mol. The van der Waals surface area contributed by atoms with Gasteiger partial charge in [0.2, 0.25) is 0 Å². The van der Waals surface area contributed by atoms with Crippen LogP contribution in [0.25, 0.3) is 0 Å². The Bertz CT molecular complexity index is 863. The summed E-state index contributed by atoms with van der Waals surface area (Å²) in [5, 5.41) is 0.493. The molecule has 1 atom stereocenters. The Morgan fingerprint density at radius 1 is 1.33 bits per heavy atom. The number of cyclic esters (lactones) is 1. The average Bonchev–Trinajstić information content (AvgIpc) is 2.94. The SMILES string of the molecule is CCN1C(C)=C(C(=O)OC(C)(C)C)C(c2ccccc2Cl)C2=C1COC2=O. The minimum absolute atomic E-state index is 0.196. The second-order valence-electron chi connectivity index (χ2n) is 7.64. The van der Waals surface area contributed by atoms with Crippen LogP contribution in [0.15, 0.2) is 46.8 Å². The van der Waals surface area contributed by atoms with Crippen molar-refractivity contribution in [2.24, 2.45) is 0 Å². The molecule has 0 aromatic heterocycles. The van der Waals surface area contributed by atoms with E-state index in [9.17, 15) is 9.59 Å². The third-order valence-corrected chi connectivity index (χ3v) is 5.06. The number of allylic oxidation sites excluding steroid dienone is 1. The highest BCUT2D eigenvalue weighted by Gasteiger charge is 2.45. The highest BCUT2D eigenvalue weighted by atomic mass is 35.5. The van der Waals surface area contributed by atoms with Gasteiger partial charge in [0, 0.05) is 17.3 Å². The lowest BCUT2D eigenvalue weighted by atomic mass is 9.80. The van der Waals surface area contributed by atoms with Crippen LogP contribution in [0, 0.1) is 0 Å². The zero-order valence-corrected chi connectivity index (χ0v) is 17.0. The first kappa shape index (κ1) is 19.5. The second kappa shape index (κ2) is 7.04. The first-order valence-corrected chi connectivity index (χ1v) is 9.39. The van der Waals surface area contributed by atoms with Crippen molar-refractivity contribution in [3.8, 4) is 0 Å². The van der Waals surface area contributed by atoms with E-state index in [2.05, 4.69) is 0 Å². The highest BCUT2D eigenvalue weighted by molar-refractivity contribution is 6.31. The molecule has 1 aromatic carbocycles. The van der Waals surface area contributed by atoms with Gasteiger partial charge in [-0.1, -0.05) is 29.8 Å². The van der Waals surface area contributed by atoms with Gasteiger partial charge >= 0.3 is 11.9 Å². The number of hydrogen-bond donors (Lipinski definition) is 0. The number of carbonyl (C=O) groups excluding carboxylic acids is 2. The van der Waals surface area contributed by atoms with Crippen LogP contribution < -0.4 is 0 Å². The maximum atomic E-state index is 13.2. The Hall–Kier alpha value is -2.27. The molecule has 2 aliphatic rings. The van der Waals surface area contributed by atoms with Gasteiger partial charge in [-0.2, -0.15) is 0 Å². The summed E-state index contributed by atoms with van der Waals surface area (Å²) in [5.74, 6) is -1.47. The van der Waals surface area contributed by atoms with Crippen LogP contribution in [-0.4, -0.2) is 35.6 Å². The predicted molar refractivity (Wildman–Crippen MR) is 103 cm³/mol. The third-order valence-electron chi connectivity index (χ3n) is 4.72. The van der Waals surface area contributed by atoms with E-state index in [1.165, 1.54) is 0 Å². The summed E-state index contributed by atoms with van der Waals surface area (Å²) in [5.41, 5.74) is 2.48. The molecule has 0 bridgehead atoms. The van der Waals surface area contributed by atoms with Gasteiger partial charge < -0.3 is 14.4 Å². The normalized spacial score (nSPS) is 20.0. The van der Waals surface area contributed by atoms with Gasteiger partial charge in [-0.15, -0.1) is 0 Å². The van der Waals surface area contributed by atoms with Crippen LogP contribution >= 0.6 is 11.6 Å². The number of ether oxygens (including phenoxy) is 2. The first-order valence-electron chi connectivity index (χ1n) is 9.02. The molecule has 0 aliphatic carbocycles. The van der Waals surface area contributed by atoms with Crippen LogP contribution in [0.1, 0.15) is 46.1 Å². The molecule has 0 N–H and O–H groups in total. The molecule has 1 aromatic rings. The third kappa shape index (κ3) is 3.48.